The molecule has 1 saturated carbocycles. The van der Waals surface area contributed by atoms with Crippen molar-refractivity contribution < 1.29 is 29.2 Å². The SMILES string of the molecule is O=C(C[C@H](NC(=O)c1ccc([N+](=O)[O-])cc1)C(=O)O)OC1CCCCC1. The lowest BCUT2D eigenvalue weighted by molar-refractivity contribution is -0.384. The fourth-order valence-corrected chi connectivity index (χ4v) is 2.76. The van der Waals surface area contributed by atoms with E-state index >= 15 is 0 Å². The molecule has 0 aromatic heterocycles. The maximum atomic E-state index is 12.1. The fourth-order valence-electron chi connectivity index (χ4n) is 2.76. The van der Waals surface area contributed by atoms with Crippen molar-refractivity contribution in [1.29, 1.82) is 0 Å². The third-order valence-corrected chi connectivity index (χ3v) is 4.16. The highest BCUT2D eigenvalue weighted by Gasteiger charge is 2.26. The number of non-ortho nitro benzene ring substituents is 1. The van der Waals surface area contributed by atoms with Crippen LogP contribution in [-0.2, 0) is 14.3 Å². The normalized spacial score (nSPS) is 15.7. The second kappa shape index (κ2) is 8.93. The second-order valence-corrected chi connectivity index (χ2v) is 6.12. The first-order chi connectivity index (χ1) is 12.4. The first-order valence-corrected chi connectivity index (χ1v) is 8.34. The quantitative estimate of drug-likeness (QED) is 0.429. The lowest BCUT2D eigenvalue weighted by Gasteiger charge is -2.22. The van der Waals surface area contributed by atoms with Gasteiger partial charge in [-0.25, -0.2) is 4.79 Å². The van der Waals surface area contributed by atoms with Crippen molar-refractivity contribution in [3.8, 4) is 0 Å². The molecule has 1 aliphatic rings. The van der Waals surface area contributed by atoms with Crippen LogP contribution in [0.4, 0.5) is 5.69 Å². The number of nitrogens with zero attached hydrogens (tertiary/aromatic N) is 1. The van der Waals surface area contributed by atoms with Gasteiger partial charge in [-0.05, 0) is 37.8 Å². The number of hydrogen-bond donors (Lipinski definition) is 2. The summed E-state index contributed by atoms with van der Waals surface area (Å²) < 4.78 is 5.27. The number of carboxylic acids is 1. The van der Waals surface area contributed by atoms with Crippen LogP contribution in [0.2, 0.25) is 0 Å². The number of ether oxygens (including phenoxy) is 1. The van der Waals surface area contributed by atoms with Crippen molar-refractivity contribution in [3.63, 3.8) is 0 Å². The summed E-state index contributed by atoms with van der Waals surface area (Å²) in [4.78, 5) is 45.4. The average molecular weight is 364 g/mol. The monoisotopic (exact) mass is 364 g/mol. The topological polar surface area (TPSA) is 136 Å². The summed E-state index contributed by atoms with van der Waals surface area (Å²) in [7, 11) is 0. The van der Waals surface area contributed by atoms with Crippen LogP contribution in [-0.4, -0.2) is 40.0 Å². The summed E-state index contributed by atoms with van der Waals surface area (Å²) in [5, 5.41) is 22.1. The van der Waals surface area contributed by atoms with Gasteiger partial charge in [-0.1, -0.05) is 6.42 Å². The smallest absolute Gasteiger partial charge is 0.326 e. The number of aliphatic carboxylic acids is 1. The summed E-state index contributed by atoms with van der Waals surface area (Å²) in [6, 6.07) is 3.28. The van der Waals surface area contributed by atoms with Crippen LogP contribution in [0, 0.1) is 10.1 Å². The van der Waals surface area contributed by atoms with Gasteiger partial charge in [0.2, 0.25) is 0 Å². The van der Waals surface area contributed by atoms with Gasteiger partial charge in [-0.3, -0.25) is 19.7 Å². The molecule has 26 heavy (non-hydrogen) atoms. The van der Waals surface area contributed by atoms with Crippen LogP contribution in [0.15, 0.2) is 24.3 Å². The zero-order valence-corrected chi connectivity index (χ0v) is 14.1. The summed E-state index contributed by atoms with van der Waals surface area (Å²) in [5.74, 6) is -2.77. The Hall–Kier alpha value is -2.97. The lowest BCUT2D eigenvalue weighted by Crippen LogP contribution is -2.42. The Kier molecular flexibility index (Phi) is 6.65. The van der Waals surface area contributed by atoms with Crippen LogP contribution in [0.3, 0.4) is 0 Å². The van der Waals surface area contributed by atoms with Crippen LogP contribution < -0.4 is 5.32 Å². The summed E-state index contributed by atoms with van der Waals surface area (Å²) in [6.07, 6.45) is 3.88. The Balaban J connectivity index is 1.93. The lowest BCUT2D eigenvalue weighted by atomic mass is 9.98. The van der Waals surface area contributed by atoms with E-state index < -0.39 is 35.2 Å². The number of rotatable bonds is 7. The molecule has 0 radical (unpaired) electrons. The van der Waals surface area contributed by atoms with E-state index in [1.807, 2.05) is 0 Å². The molecule has 2 rings (SSSR count). The standard InChI is InChI=1S/C17H20N2O7/c20-15(26-13-4-2-1-3-5-13)10-14(17(22)23)18-16(21)11-6-8-12(9-7-11)19(24)25/h6-9,13-14H,1-5,10H2,(H,18,21)(H,22,23)/t14-/m0/s1. The predicted molar refractivity (Wildman–Crippen MR) is 89.6 cm³/mol. The van der Waals surface area contributed by atoms with Gasteiger partial charge in [0, 0.05) is 17.7 Å². The highest BCUT2D eigenvalue weighted by Crippen LogP contribution is 2.21. The maximum Gasteiger partial charge on any atom is 0.326 e. The molecule has 1 fully saturated rings. The van der Waals surface area contributed by atoms with Crippen molar-refractivity contribution >= 4 is 23.5 Å². The van der Waals surface area contributed by atoms with Gasteiger partial charge in [0.05, 0.1) is 11.3 Å². The largest absolute Gasteiger partial charge is 0.480 e. The molecule has 9 heteroatoms. The van der Waals surface area contributed by atoms with E-state index in [9.17, 15) is 29.6 Å². The molecule has 140 valence electrons. The number of hydrogen-bond acceptors (Lipinski definition) is 6. The minimum absolute atomic E-state index is 0.0579. The highest BCUT2D eigenvalue weighted by molar-refractivity contribution is 5.97. The molecule has 9 nitrogen and oxygen atoms in total. The van der Waals surface area contributed by atoms with Gasteiger partial charge in [0.1, 0.15) is 12.1 Å². The first kappa shape index (κ1) is 19.4. The average Bonchev–Trinajstić information content (AvgIpc) is 2.61. The minimum atomic E-state index is -1.44. The minimum Gasteiger partial charge on any atom is -0.480 e. The fraction of sp³-hybridized carbons (Fsp3) is 0.471. The Morgan fingerprint density at radius 3 is 2.35 bits per heavy atom. The zero-order chi connectivity index (χ0) is 19.1. The van der Waals surface area contributed by atoms with Gasteiger partial charge in [0.15, 0.2) is 0 Å². The van der Waals surface area contributed by atoms with Crippen molar-refractivity contribution in [3.05, 3.63) is 39.9 Å². The van der Waals surface area contributed by atoms with Gasteiger partial charge in [-0.2, -0.15) is 0 Å². The third-order valence-electron chi connectivity index (χ3n) is 4.16. The second-order valence-electron chi connectivity index (χ2n) is 6.12. The van der Waals surface area contributed by atoms with E-state index in [0.29, 0.717) is 0 Å². The van der Waals surface area contributed by atoms with Gasteiger partial charge < -0.3 is 15.2 Å². The number of nitro benzene ring substituents is 1. The third kappa shape index (κ3) is 5.54. The summed E-state index contributed by atoms with van der Waals surface area (Å²) >= 11 is 0. The predicted octanol–water partition coefficient (Wildman–Crippen LogP) is 2.04. The van der Waals surface area contributed by atoms with Crippen molar-refractivity contribution in [2.75, 3.05) is 0 Å². The van der Waals surface area contributed by atoms with Crippen molar-refractivity contribution in [2.24, 2.45) is 0 Å². The molecule has 0 aliphatic heterocycles. The van der Waals surface area contributed by atoms with Gasteiger partial charge >= 0.3 is 11.9 Å². The Bertz CT molecular complexity index is 681. The van der Waals surface area contributed by atoms with Crippen LogP contribution >= 0.6 is 0 Å². The van der Waals surface area contributed by atoms with E-state index in [1.165, 1.54) is 12.1 Å². The van der Waals surface area contributed by atoms with Crippen molar-refractivity contribution in [1.82, 2.24) is 5.32 Å². The molecule has 1 amide bonds. The highest BCUT2D eigenvalue weighted by atomic mass is 16.6. The Morgan fingerprint density at radius 2 is 1.81 bits per heavy atom. The molecule has 1 aromatic carbocycles. The Morgan fingerprint density at radius 1 is 1.19 bits per heavy atom. The molecular weight excluding hydrogens is 344 g/mol. The number of carbonyl (C=O) groups excluding carboxylic acids is 2. The molecule has 1 aliphatic carbocycles. The number of benzene rings is 1. The first-order valence-electron chi connectivity index (χ1n) is 8.34. The van der Waals surface area contributed by atoms with Crippen LogP contribution in [0.5, 0.6) is 0 Å². The van der Waals surface area contributed by atoms with E-state index in [-0.39, 0.29) is 17.4 Å². The van der Waals surface area contributed by atoms with Crippen LogP contribution in [0.1, 0.15) is 48.9 Å². The molecule has 0 bridgehead atoms. The summed E-state index contributed by atoms with van der Waals surface area (Å²) in [5.41, 5.74) is -0.130. The van der Waals surface area contributed by atoms with Gasteiger partial charge in [0.25, 0.3) is 11.6 Å². The molecule has 0 unspecified atom stereocenters. The molecule has 0 heterocycles. The van der Waals surface area contributed by atoms with E-state index in [2.05, 4.69) is 5.32 Å². The van der Waals surface area contributed by atoms with E-state index in [4.69, 9.17) is 4.74 Å². The summed E-state index contributed by atoms with van der Waals surface area (Å²) in [6.45, 7) is 0. The zero-order valence-electron chi connectivity index (χ0n) is 14.1. The molecule has 2 N–H and O–H groups in total. The Labute approximate surface area is 149 Å². The number of carboxylic acid groups (broad SMARTS) is 1. The number of carbonyl (C=O) groups is 3. The van der Waals surface area contributed by atoms with Crippen LogP contribution in [0.25, 0.3) is 0 Å². The van der Waals surface area contributed by atoms with E-state index in [1.54, 1.807) is 0 Å². The molecule has 1 aromatic rings. The molecule has 0 spiro atoms. The molecular formula is C17H20N2O7. The molecule has 0 saturated heterocycles. The molecule has 1 atom stereocenters. The van der Waals surface area contributed by atoms with Crippen molar-refractivity contribution in [2.45, 2.75) is 50.7 Å². The van der Waals surface area contributed by atoms with E-state index in [0.717, 1.165) is 44.2 Å². The number of amides is 1. The van der Waals surface area contributed by atoms with Gasteiger partial charge in [-0.15, -0.1) is 0 Å². The maximum absolute atomic E-state index is 12.1. The number of esters is 1. The number of nitro groups is 1. The number of nitrogens with one attached hydrogen (secondary N) is 1.